The van der Waals surface area contributed by atoms with Crippen LogP contribution in [0.4, 0.5) is 0 Å². The molecule has 0 unspecified atom stereocenters. The van der Waals surface area contributed by atoms with Gasteiger partial charge in [-0.1, -0.05) is 419 Å². The third-order valence-corrected chi connectivity index (χ3v) is 25.0. The first kappa shape index (κ1) is 83.3. The molecule has 24 aromatic rings. The molecule has 0 amide bonds. The van der Waals surface area contributed by atoms with Gasteiger partial charge in [-0.3, -0.25) is 15.0 Å². The van der Waals surface area contributed by atoms with E-state index in [-0.39, 0.29) is 0 Å². The lowest BCUT2D eigenvalue weighted by Crippen LogP contribution is -1.96. The molecule has 0 atom stereocenters. The minimum Gasteiger partial charge on any atom is -0.264 e. The Hall–Kier alpha value is -18.3. The van der Waals surface area contributed by atoms with E-state index in [1.807, 2.05) is 73.3 Å². The second-order valence-electron chi connectivity index (χ2n) is 33.6. The van der Waals surface area contributed by atoms with Crippen LogP contribution >= 0.6 is 0 Å². The summed E-state index contributed by atoms with van der Waals surface area (Å²) in [5.74, 6) is 2.09. The highest BCUT2D eigenvalue weighted by molar-refractivity contribution is 6.14. The van der Waals surface area contributed by atoms with Crippen molar-refractivity contribution in [2.75, 3.05) is 0 Å². The zero-order valence-corrected chi connectivity index (χ0v) is 74.1. The number of rotatable bonds is 17. The Kier molecular flexibility index (Phi) is 23.5. The molecule has 136 heavy (non-hydrogen) atoms. The molecule has 638 valence electrons. The Bertz CT molecular complexity index is 8270. The molecule has 0 saturated heterocycles. The lowest BCUT2D eigenvalue weighted by atomic mass is 9.91. The quantitative estimate of drug-likeness (QED) is 0.0822. The fourth-order valence-electron chi connectivity index (χ4n) is 18.0. The standard InChI is InChI=1S/2C43H29N3.C41H27N3/c1-2-9-30(10-3-1)31-18-22-34(23-19-31)41-28-42(37-14-6-13-36(27-37)38-15-8-26-44-29-38)46-43(45-41)35-24-20-33(21-25-35)40-17-7-12-32-11-4-5-16-39(32)40;1-2-8-30(9-3-1)31-15-21-35(22-16-31)41-28-42(36-23-17-32(18-24-36)38-12-7-27-44-29-38)46-43(45-41)37-25-19-34(20-26-37)40-14-6-11-33-10-4-5-13-39(33)40;1-2-11-28(12-3-1)41-43-27-39(31-16-8-14-29(23-31)34-18-10-22-42-26-34)40(44-41)33-17-9-15-30(24-33)38-25-32-13-4-5-19-35(32)36-20-6-7-21-37(36)38/h2*1-29H;1-27H. The summed E-state index contributed by atoms with van der Waals surface area (Å²) in [4.78, 5) is 43.4. The molecule has 24 rings (SSSR count). The molecule has 0 saturated carbocycles. The highest BCUT2D eigenvalue weighted by Gasteiger charge is 2.21. The molecule has 0 aliphatic heterocycles. The van der Waals surface area contributed by atoms with Crippen LogP contribution in [-0.4, -0.2) is 44.9 Å². The minimum absolute atomic E-state index is 0.691. The van der Waals surface area contributed by atoms with Gasteiger partial charge in [0.05, 0.1) is 28.5 Å². The van der Waals surface area contributed by atoms with E-state index in [9.17, 15) is 0 Å². The maximum atomic E-state index is 5.22. The second-order valence-corrected chi connectivity index (χ2v) is 33.6. The molecule has 9 heteroatoms. The summed E-state index contributed by atoms with van der Waals surface area (Å²) >= 11 is 0. The average Bonchev–Trinajstić information content (AvgIpc) is 0.757. The van der Waals surface area contributed by atoms with Gasteiger partial charge in [-0.05, 0) is 181 Å². The molecule has 0 aliphatic rings. The monoisotopic (exact) mass is 1740 g/mol. The molecular formula is C127H85N9. The van der Waals surface area contributed by atoms with E-state index in [1.165, 1.54) is 87.6 Å². The third-order valence-electron chi connectivity index (χ3n) is 25.0. The van der Waals surface area contributed by atoms with E-state index in [2.05, 4.69) is 440 Å². The van der Waals surface area contributed by atoms with Gasteiger partial charge in [-0.2, -0.15) is 0 Å². The van der Waals surface area contributed by atoms with Crippen molar-refractivity contribution in [2.45, 2.75) is 0 Å². The van der Waals surface area contributed by atoms with Gasteiger partial charge < -0.3 is 0 Å². The van der Waals surface area contributed by atoms with Crippen LogP contribution in [0.1, 0.15) is 0 Å². The predicted molar refractivity (Wildman–Crippen MR) is 562 cm³/mol. The van der Waals surface area contributed by atoms with Gasteiger partial charge in [-0.15, -0.1) is 0 Å². The topological polar surface area (TPSA) is 116 Å². The van der Waals surface area contributed by atoms with Crippen molar-refractivity contribution in [1.82, 2.24) is 44.9 Å². The normalized spacial score (nSPS) is 11.1. The summed E-state index contributed by atoms with van der Waals surface area (Å²) in [6, 6.07) is 166. The first-order valence-electron chi connectivity index (χ1n) is 45.6. The summed E-state index contributed by atoms with van der Waals surface area (Å²) < 4.78 is 0. The number of fused-ring (bicyclic) bond motifs is 5. The van der Waals surface area contributed by atoms with Gasteiger partial charge in [0, 0.05) is 105 Å². The lowest BCUT2D eigenvalue weighted by molar-refractivity contribution is 1.18. The van der Waals surface area contributed by atoms with Crippen molar-refractivity contribution < 1.29 is 0 Å². The second kappa shape index (κ2) is 38.4. The maximum Gasteiger partial charge on any atom is 0.160 e. The Morgan fingerprint density at radius 2 is 0.434 bits per heavy atom. The molecule has 0 spiro atoms. The Labute approximate surface area is 789 Å². The van der Waals surface area contributed by atoms with Gasteiger partial charge >= 0.3 is 0 Å². The van der Waals surface area contributed by atoms with Gasteiger partial charge in [0.2, 0.25) is 0 Å². The molecule has 6 aromatic heterocycles. The molecule has 6 heterocycles. The number of benzene rings is 18. The maximum absolute atomic E-state index is 5.22. The van der Waals surface area contributed by atoms with Gasteiger partial charge in [0.25, 0.3) is 0 Å². The first-order chi connectivity index (χ1) is 67.4. The Morgan fingerprint density at radius 1 is 0.132 bits per heavy atom. The highest BCUT2D eigenvalue weighted by atomic mass is 14.9. The first-order valence-corrected chi connectivity index (χ1v) is 45.6. The fourth-order valence-corrected chi connectivity index (χ4v) is 18.0. The lowest BCUT2D eigenvalue weighted by Gasteiger charge is -2.15. The summed E-state index contributed by atoms with van der Waals surface area (Å²) in [6.07, 6.45) is 13.0. The van der Waals surface area contributed by atoms with Crippen LogP contribution in [-0.2, 0) is 0 Å². The Balaban J connectivity index is 0.000000118. The largest absolute Gasteiger partial charge is 0.264 e. The van der Waals surface area contributed by atoms with Crippen molar-refractivity contribution in [3.63, 3.8) is 0 Å². The minimum atomic E-state index is 0.691. The molecule has 18 aromatic carbocycles. The molecule has 0 radical (unpaired) electrons. The van der Waals surface area contributed by atoms with Crippen LogP contribution < -0.4 is 0 Å². The van der Waals surface area contributed by atoms with Crippen LogP contribution in [0.5, 0.6) is 0 Å². The van der Waals surface area contributed by atoms with Gasteiger partial charge in [0.1, 0.15) is 0 Å². The fraction of sp³-hybridized carbons (Fsp3) is 0. The van der Waals surface area contributed by atoms with E-state index in [0.717, 1.165) is 129 Å². The van der Waals surface area contributed by atoms with Crippen molar-refractivity contribution in [1.29, 1.82) is 0 Å². The zero-order valence-electron chi connectivity index (χ0n) is 74.1. The summed E-state index contributed by atoms with van der Waals surface area (Å²) in [5, 5.41) is 9.94. The van der Waals surface area contributed by atoms with Crippen LogP contribution in [0.2, 0.25) is 0 Å². The van der Waals surface area contributed by atoms with Gasteiger partial charge in [0.15, 0.2) is 17.5 Å². The van der Waals surface area contributed by atoms with Crippen molar-refractivity contribution >= 4 is 43.1 Å². The van der Waals surface area contributed by atoms with Crippen LogP contribution in [0.3, 0.4) is 0 Å². The van der Waals surface area contributed by atoms with E-state index in [1.54, 1.807) is 18.6 Å². The van der Waals surface area contributed by atoms with E-state index in [0.29, 0.717) is 17.5 Å². The van der Waals surface area contributed by atoms with Gasteiger partial charge in [-0.25, -0.2) is 29.9 Å². The summed E-state index contributed by atoms with van der Waals surface area (Å²) in [7, 11) is 0. The van der Waals surface area contributed by atoms with Crippen LogP contribution in [0.25, 0.3) is 234 Å². The molecule has 0 bridgehead atoms. The molecule has 0 aliphatic carbocycles. The number of aromatic nitrogens is 9. The Morgan fingerprint density at radius 3 is 0.904 bits per heavy atom. The van der Waals surface area contributed by atoms with E-state index in [4.69, 9.17) is 29.9 Å². The highest BCUT2D eigenvalue weighted by Crippen LogP contribution is 2.43. The van der Waals surface area contributed by atoms with Crippen LogP contribution in [0.15, 0.2) is 517 Å². The van der Waals surface area contributed by atoms with E-state index < -0.39 is 0 Å². The molecule has 9 nitrogen and oxygen atoms in total. The molecule has 0 fully saturated rings. The third kappa shape index (κ3) is 18.0. The summed E-state index contributed by atoms with van der Waals surface area (Å²) in [6.45, 7) is 0. The average molecular weight is 1740 g/mol. The van der Waals surface area contributed by atoms with Crippen molar-refractivity contribution in [3.05, 3.63) is 517 Å². The molecule has 0 N–H and O–H groups in total. The predicted octanol–water partition coefficient (Wildman–Crippen LogP) is 32.6. The van der Waals surface area contributed by atoms with Crippen molar-refractivity contribution in [2.24, 2.45) is 0 Å². The summed E-state index contributed by atoms with van der Waals surface area (Å²) in [5.41, 5.74) is 33.0. The number of nitrogens with zero attached hydrogens (tertiary/aromatic N) is 9. The zero-order chi connectivity index (χ0) is 90.7. The molecular weight excluding hydrogens is 1650 g/mol. The number of hydrogen-bond donors (Lipinski definition) is 0. The van der Waals surface area contributed by atoms with Crippen molar-refractivity contribution in [3.8, 4) is 191 Å². The van der Waals surface area contributed by atoms with E-state index >= 15 is 0 Å². The van der Waals surface area contributed by atoms with Crippen LogP contribution in [0, 0.1) is 0 Å². The SMILES string of the molecule is c1ccc(-c2ccc(-c3cc(-c4ccc(-c5cccnc5)cc4)nc(-c4ccc(-c5cccc6ccccc56)cc4)n3)cc2)cc1.c1ccc(-c2ccc(-c3cc(-c4cccc(-c5cccnc5)c4)nc(-c4ccc(-c5cccc6ccccc56)cc4)n3)cc2)cc1.c1ccc(-c2ncc(-c3cccc(-c4cccnc4)c3)c(-c3cccc(-c4cc5ccccc5c5ccccc45)c3)n2)cc1. The smallest absolute Gasteiger partial charge is 0.160 e. The number of pyridine rings is 3. The number of hydrogen-bond acceptors (Lipinski definition) is 9.